The van der Waals surface area contributed by atoms with Crippen molar-refractivity contribution in [1.29, 1.82) is 0 Å². The Morgan fingerprint density at radius 2 is 2.16 bits per heavy atom. The number of aryl methyl sites for hydroxylation is 1. The van der Waals surface area contributed by atoms with E-state index in [1.165, 1.54) is 5.56 Å². The molecule has 2 rings (SSSR count). The predicted octanol–water partition coefficient (Wildman–Crippen LogP) is 2.48. The number of nitrogen functional groups attached to an aromatic ring is 1. The van der Waals surface area contributed by atoms with Crippen molar-refractivity contribution in [1.82, 2.24) is 10.4 Å². The maximum absolute atomic E-state index is 5.88. The first-order chi connectivity index (χ1) is 9.11. The van der Waals surface area contributed by atoms with Crippen LogP contribution in [0.4, 0.5) is 5.82 Å². The second-order valence-corrected chi connectivity index (χ2v) is 5.39. The number of nitrogens with one attached hydrogen (secondary N) is 1. The maximum atomic E-state index is 5.88. The van der Waals surface area contributed by atoms with Gasteiger partial charge < -0.3 is 5.73 Å². The molecule has 0 radical (unpaired) electrons. The van der Waals surface area contributed by atoms with Crippen LogP contribution in [0, 0.1) is 6.92 Å². The minimum Gasteiger partial charge on any atom is -0.383 e. The largest absolute Gasteiger partial charge is 0.383 e. The minimum atomic E-state index is 0.0135. The molecule has 0 saturated carbocycles. The summed E-state index contributed by atoms with van der Waals surface area (Å²) in [5.74, 6) is 6.24. The summed E-state index contributed by atoms with van der Waals surface area (Å²) in [4.78, 5) is 4.10. The van der Waals surface area contributed by atoms with Crippen molar-refractivity contribution >= 4 is 21.7 Å². The van der Waals surface area contributed by atoms with Gasteiger partial charge >= 0.3 is 0 Å². The molecule has 2 aromatic rings. The van der Waals surface area contributed by atoms with Gasteiger partial charge in [0.25, 0.3) is 0 Å². The number of halogens is 1. The number of nitrogens with two attached hydrogens (primary N) is 2. The van der Waals surface area contributed by atoms with Crippen LogP contribution < -0.4 is 17.0 Å². The number of hydrogen-bond donors (Lipinski definition) is 3. The lowest BCUT2D eigenvalue weighted by atomic mass is 9.96. The maximum Gasteiger partial charge on any atom is 0.126 e. The van der Waals surface area contributed by atoms with Crippen molar-refractivity contribution in [2.24, 2.45) is 5.84 Å². The summed E-state index contributed by atoms with van der Waals surface area (Å²) < 4.78 is 1.06. The average molecular weight is 321 g/mol. The fourth-order valence-electron chi connectivity index (χ4n) is 2.13. The van der Waals surface area contributed by atoms with Crippen molar-refractivity contribution in [2.45, 2.75) is 19.4 Å². The zero-order valence-electron chi connectivity index (χ0n) is 10.7. The quantitative estimate of drug-likeness (QED) is 0.597. The smallest absolute Gasteiger partial charge is 0.126 e. The Hall–Kier alpha value is -1.43. The van der Waals surface area contributed by atoms with E-state index in [-0.39, 0.29) is 6.04 Å². The summed E-state index contributed by atoms with van der Waals surface area (Å²) in [6.45, 7) is 2.07. The average Bonchev–Trinajstić information content (AvgIpc) is 2.39. The van der Waals surface area contributed by atoms with Gasteiger partial charge in [0, 0.05) is 10.7 Å². The molecule has 1 atom stereocenters. The van der Waals surface area contributed by atoms with Crippen LogP contribution in [0.3, 0.4) is 0 Å². The molecule has 4 nitrogen and oxygen atoms in total. The molecule has 0 saturated heterocycles. The van der Waals surface area contributed by atoms with E-state index >= 15 is 0 Å². The topological polar surface area (TPSA) is 77.0 Å². The molecular formula is C14H17BrN4. The number of rotatable bonds is 4. The Balaban J connectivity index is 2.28. The molecule has 0 fully saturated rings. The molecule has 19 heavy (non-hydrogen) atoms. The number of pyridine rings is 1. The lowest BCUT2D eigenvalue weighted by molar-refractivity contribution is 0.549. The Morgan fingerprint density at radius 1 is 1.37 bits per heavy atom. The van der Waals surface area contributed by atoms with Crippen molar-refractivity contribution < 1.29 is 0 Å². The zero-order chi connectivity index (χ0) is 13.8. The molecule has 5 heteroatoms. The van der Waals surface area contributed by atoms with E-state index in [1.54, 1.807) is 6.20 Å². The number of benzene rings is 1. The molecular weight excluding hydrogens is 304 g/mol. The lowest BCUT2D eigenvalue weighted by Crippen LogP contribution is -2.30. The number of nitrogens with zero attached hydrogens (tertiary/aromatic N) is 1. The lowest BCUT2D eigenvalue weighted by Gasteiger charge is -2.19. The van der Waals surface area contributed by atoms with Gasteiger partial charge in [-0.2, -0.15) is 0 Å². The first kappa shape index (κ1) is 14.0. The van der Waals surface area contributed by atoms with Crippen LogP contribution in [0.1, 0.15) is 22.7 Å². The van der Waals surface area contributed by atoms with Gasteiger partial charge in [-0.25, -0.2) is 4.98 Å². The van der Waals surface area contributed by atoms with Gasteiger partial charge in [0.1, 0.15) is 5.82 Å². The highest BCUT2D eigenvalue weighted by molar-refractivity contribution is 9.10. The third-order valence-electron chi connectivity index (χ3n) is 3.16. The molecule has 0 bridgehead atoms. The summed E-state index contributed by atoms with van der Waals surface area (Å²) in [7, 11) is 0. The van der Waals surface area contributed by atoms with Crippen molar-refractivity contribution in [3.8, 4) is 0 Å². The molecule has 0 aliphatic carbocycles. The van der Waals surface area contributed by atoms with Crippen LogP contribution in [-0.4, -0.2) is 4.98 Å². The SMILES string of the molecule is Cc1cc(Br)ccc1C(Cc1cccnc1N)NN. The molecule has 1 aromatic carbocycles. The summed E-state index contributed by atoms with van der Waals surface area (Å²) in [5, 5.41) is 0. The van der Waals surface area contributed by atoms with Gasteiger partial charge in [0.05, 0.1) is 6.04 Å². The predicted molar refractivity (Wildman–Crippen MR) is 81.3 cm³/mol. The highest BCUT2D eigenvalue weighted by atomic mass is 79.9. The van der Waals surface area contributed by atoms with Crippen molar-refractivity contribution in [3.63, 3.8) is 0 Å². The van der Waals surface area contributed by atoms with E-state index in [0.717, 1.165) is 15.6 Å². The van der Waals surface area contributed by atoms with Gasteiger partial charge in [-0.1, -0.05) is 28.1 Å². The molecule has 1 aromatic heterocycles. The van der Waals surface area contributed by atoms with Gasteiger partial charge in [-0.15, -0.1) is 0 Å². The normalized spacial score (nSPS) is 12.4. The van der Waals surface area contributed by atoms with E-state index in [0.29, 0.717) is 12.2 Å². The first-order valence-electron chi connectivity index (χ1n) is 6.03. The van der Waals surface area contributed by atoms with E-state index in [1.807, 2.05) is 18.2 Å². The van der Waals surface area contributed by atoms with Crippen LogP contribution >= 0.6 is 15.9 Å². The van der Waals surface area contributed by atoms with Gasteiger partial charge in [0.2, 0.25) is 0 Å². The third-order valence-corrected chi connectivity index (χ3v) is 3.65. The number of hydrogen-bond acceptors (Lipinski definition) is 4. The van der Waals surface area contributed by atoms with Gasteiger partial charge in [-0.3, -0.25) is 11.3 Å². The zero-order valence-corrected chi connectivity index (χ0v) is 12.3. The second-order valence-electron chi connectivity index (χ2n) is 4.47. The molecule has 0 spiro atoms. The summed E-state index contributed by atoms with van der Waals surface area (Å²) >= 11 is 3.46. The first-order valence-corrected chi connectivity index (χ1v) is 6.82. The van der Waals surface area contributed by atoms with Crippen LogP contribution in [0.25, 0.3) is 0 Å². The third kappa shape index (κ3) is 3.32. The minimum absolute atomic E-state index is 0.0135. The number of hydrazine groups is 1. The Labute approximate surface area is 121 Å². The van der Waals surface area contributed by atoms with Gasteiger partial charge in [-0.05, 0) is 48.2 Å². The fraction of sp³-hybridized carbons (Fsp3) is 0.214. The van der Waals surface area contributed by atoms with Crippen LogP contribution in [0.5, 0.6) is 0 Å². The fourth-order valence-corrected chi connectivity index (χ4v) is 2.61. The second kappa shape index (κ2) is 6.14. The van der Waals surface area contributed by atoms with Crippen LogP contribution in [0.2, 0.25) is 0 Å². The van der Waals surface area contributed by atoms with Gasteiger partial charge in [0.15, 0.2) is 0 Å². The molecule has 0 aliphatic heterocycles. The van der Waals surface area contributed by atoms with Crippen LogP contribution in [-0.2, 0) is 6.42 Å². The number of anilines is 1. The van der Waals surface area contributed by atoms with E-state index in [9.17, 15) is 0 Å². The summed E-state index contributed by atoms with van der Waals surface area (Å²) in [6.07, 6.45) is 2.40. The standard InChI is InChI=1S/C14H17BrN4/c1-9-7-11(15)4-5-12(9)13(19-17)8-10-3-2-6-18-14(10)16/h2-7,13,19H,8,17H2,1H3,(H2,16,18). The van der Waals surface area contributed by atoms with Crippen molar-refractivity contribution in [3.05, 3.63) is 57.7 Å². The molecule has 0 aliphatic rings. The Kier molecular flexibility index (Phi) is 4.52. The molecule has 0 amide bonds. The monoisotopic (exact) mass is 320 g/mol. The Morgan fingerprint density at radius 3 is 2.79 bits per heavy atom. The number of aromatic nitrogens is 1. The molecule has 1 heterocycles. The Bertz CT molecular complexity index is 571. The van der Waals surface area contributed by atoms with E-state index in [2.05, 4.69) is 45.4 Å². The van der Waals surface area contributed by atoms with E-state index in [4.69, 9.17) is 11.6 Å². The van der Waals surface area contributed by atoms with Crippen molar-refractivity contribution in [2.75, 3.05) is 5.73 Å². The molecule has 1 unspecified atom stereocenters. The molecule has 100 valence electrons. The van der Waals surface area contributed by atoms with E-state index < -0.39 is 0 Å². The summed E-state index contributed by atoms with van der Waals surface area (Å²) in [6, 6.07) is 10.0. The highest BCUT2D eigenvalue weighted by Crippen LogP contribution is 2.25. The van der Waals surface area contributed by atoms with Crippen LogP contribution in [0.15, 0.2) is 41.0 Å². The summed E-state index contributed by atoms with van der Waals surface area (Å²) in [5.41, 5.74) is 12.1. The molecule has 5 N–H and O–H groups in total. The highest BCUT2D eigenvalue weighted by Gasteiger charge is 2.14.